The second-order valence-corrected chi connectivity index (χ2v) is 5.35. The molecule has 1 aromatic rings. The van der Waals surface area contributed by atoms with Gasteiger partial charge >= 0.3 is 0 Å². The van der Waals surface area contributed by atoms with Crippen LogP contribution in [-0.4, -0.2) is 41.7 Å². The first-order chi connectivity index (χ1) is 9.61. The SMILES string of the molecule is Cc1c(N)cccc1NC(=O)CN(CCO)C1CCC1. The van der Waals surface area contributed by atoms with E-state index in [0.29, 0.717) is 24.8 Å². The van der Waals surface area contributed by atoms with Crippen LogP contribution in [0.25, 0.3) is 0 Å². The van der Waals surface area contributed by atoms with Gasteiger partial charge in [-0.2, -0.15) is 0 Å². The number of nitrogen functional groups attached to an aromatic ring is 1. The van der Waals surface area contributed by atoms with Crippen LogP contribution in [0.3, 0.4) is 0 Å². The smallest absolute Gasteiger partial charge is 0.238 e. The summed E-state index contributed by atoms with van der Waals surface area (Å²) < 4.78 is 0. The minimum atomic E-state index is -0.0564. The van der Waals surface area contributed by atoms with Gasteiger partial charge in [0.05, 0.1) is 13.2 Å². The van der Waals surface area contributed by atoms with Crippen molar-refractivity contribution < 1.29 is 9.90 Å². The van der Waals surface area contributed by atoms with E-state index in [9.17, 15) is 4.79 Å². The first-order valence-electron chi connectivity index (χ1n) is 7.11. The number of nitrogens with two attached hydrogens (primary N) is 1. The lowest BCUT2D eigenvalue weighted by Gasteiger charge is -2.36. The number of nitrogens with one attached hydrogen (secondary N) is 1. The van der Waals surface area contributed by atoms with E-state index < -0.39 is 0 Å². The van der Waals surface area contributed by atoms with Crippen LogP contribution in [0.4, 0.5) is 11.4 Å². The highest BCUT2D eigenvalue weighted by Gasteiger charge is 2.26. The van der Waals surface area contributed by atoms with E-state index in [1.54, 1.807) is 0 Å². The molecule has 2 rings (SSSR count). The van der Waals surface area contributed by atoms with Crippen molar-refractivity contribution in [1.82, 2.24) is 4.90 Å². The summed E-state index contributed by atoms with van der Waals surface area (Å²) in [5.74, 6) is -0.0564. The average molecular weight is 277 g/mol. The fraction of sp³-hybridized carbons (Fsp3) is 0.533. The lowest BCUT2D eigenvalue weighted by atomic mass is 9.91. The first-order valence-corrected chi connectivity index (χ1v) is 7.11. The van der Waals surface area contributed by atoms with Crippen molar-refractivity contribution in [3.8, 4) is 0 Å². The molecule has 1 aliphatic rings. The molecule has 1 aliphatic carbocycles. The topological polar surface area (TPSA) is 78.6 Å². The molecular formula is C15H23N3O2. The fourth-order valence-electron chi connectivity index (χ4n) is 2.43. The molecule has 0 unspecified atom stereocenters. The Balaban J connectivity index is 1.95. The van der Waals surface area contributed by atoms with Crippen molar-refractivity contribution in [2.75, 3.05) is 30.7 Å². The summed E-state index contributed by atoms with van der Waals surface area (Å²) in [5.41, 5.74) is 8.15. The number of aliphatic hydroxyl groups excluding tert-OH is 1. The molecule has 0 bridgehead atoms. The number of hydrogen-bond acceptors (Lipinski definition) is 4. The molecule has 20 heavy (non-hydrogen) atoms. The molecule has 5 nitrogen and oxygen atoms in total. The van der Waals surface area contributed by atoms with Gasteiger partial charge in [-0.25, -0.2) is 0 Å². The minimum Gasteiger partial charge on any atom is -0.398 e. The molecule has 5 heteroatoms. The molecule has 0 aliphatic heterocycles. The van der Waals surface area contributed by atoms with Crippen LogP contribution in [0.5, 0.6) is 0 Å². The maximum atomic E-state index is 12.1. The van der Waals surface area contributed by atoms with Crippen LogP contribution in [0, 0.1) is 6.92 Å². The summed E-state index contributed by atoms with van der Waals surface area (Å²) in [6.07, 6.45) is 3.44. The summed E-state index contributed by atoms with van der Waals surface area (Å²) in [6.45, 7) is 2.84. The van der Waals surface area contributed by atoms with Crippen LogP contribution in [-0.2, 0) is 4.79 Å². The van der Waals surface area contributed by atoms with Gasteiger partial charge in [0.15, 0.2) is 0 Å². The Morgan fingerprint density at radius 1 is 1.50 bits per heavy atom. The Bertz CT molecular complexity index is 472. The number of anilines is 2. The lowest BCUT2D eigenvalue weighted by Crippen LogP contribution is -2.45. The highest BCUT2D eigenvalue weighted by Crippen LogP contribution is 2.25. The Labute approximate surface area is 119 Å². The second-order valence-electron chi connectivity index (χ2n) is 5.35. The molecule has 0 atom stereocenters. The van der Waals surface area contributed by atoms with Crippen molar-refractivity contribution in [3.05, 3.63) is 23.8 Å². The number of aliphatic hydroxyl groups is 1. The zero-order valence-corrected chi connectivity index (χ0v) is 11.9. The number of benzene rings is 1. The fourth-order valence-corrected chi connectivity index (χ4v) is 2.43. The highest BCUT2D eigenvalue weighted by atomic mass is 16.3. The van der Waals surface area contributed by atoms with Gasteiger partial charge in [0.2, 0.25) is 5.91 Å². The van der Waals surface area contributed by atoms with Gasteiger partial charge < -0.3 is 16.2 Å². The van der Waals surface area contributed by atoms with Gasteiger partial charge in [-0.05, 0) is 37.5 Å². The quantitative estimate of drug-likeness (QED) is 0.686. The normalized spacial score (nSPS) is 15.2. The molecule has 110 valence electrons. The van der Waals surface area contributed by atoms with Gasteiger partial charge in [-0.15, -0.1) is 0 Å². The molecule has 1 fully saturated rings. The van der Waals surface area contributed by atoms with E-state index in [1.165, 1.54) is 6.42 Å². The maximum Gasteiger partial charge on any atom is 0.238 e. The molecule has 1 amide bonds. The van der Waals surface area contributed by atoms with E-state index >= 15 is 0 Å². The van der Waals surface area contributed by atoms with Gasteiger partial charge in [0.25, 0.3) is 0 Å². The van der Waals surface area contributed by atoms with Gasteiger partial charge in [0.1, 0.15) is 0 Å². The predicted octanol–water partition coefficient (Wildman–Crippen LogP) is 1.36. The van der Waals surface area contributed by atoms with Crippen molar-refractivity contribution in [2.45, 2.75) is 32.2 Å². The predicted molar refractivity (Wildman–Crippen MR) is 80.5 cm³/mol. The van der Waals surface area contributed by atoms with Gasteiger partial charge in [-0.1, -0.05) is 12.5 Å². The standard InChI is InChI=1S/C15H23N3O2/c1-11-13(16)6-3-7-14(11)17-15(20)10-18(8-9-19)12-4-2-5-12/h3,6-7,12,19H,2,4-5,8-10,16H2,1H3,(H,17,20). The number of nitrogens with zero attached hydrogens (tertiary/aromatic N) is 1. The summed E-state index contributed by atoms with van der Waals surface area (Å²) >= 11 is 0. The van der Waals surface area contributed by atoms with Crippen LogP contribution in [0.2, 0.25) is 0 Å². The van der Waals surface area contributed by atoms with Crippen LogP contribution >= 0.6 is 0 Å². The number of hydrogen-bond donors (Lipinski definition) is 3. The van der Waals surface area contributed by atoms with Crippen LogP contribution in [0.15, 0.2) is 18.2 Å². The third-order valence-corrected chi connectivity index (χ3v) is 3.97. The van der Waals surface area contributed by atoms with Crippen molar-refractivity contribution in [1.29, 1.82) is 0 Å². The zero-order chi connectivity index (χ0) is 14.5. The average Bonchev–Trinajstić information content (AvgIpc) is 2.33. The molecule has 0 aromatic heterocycles. The first kappa shape index (κ1) is 14.8. The molecule has 1 aromatic carbocycles. The Morgan fingerprint density at radius 2 is 2.25 bits per heavy atom. The number of carbonyl (C=O) groups is 1. The van der Waals surface area contributed by atoms with E-state index in [2.05, 4.69) is 10.2 Å². The van der Waals surface area contributed by atoms with Crippen molar-refractivity contribution in [2.24, 2.45) is 0 Å². The van der Waals surface area contributed by atoms with E-state index in [-0.39, 0.29) is 12.5 Å². The molecule has 0 spiro atoms. The molecule has 1 saturated carbocycles. The largest absolute Gasteiger partial charge is 0.398 e. The summed E-state index contributed by atoms with van der Waals surface area (Å²) in [7, 11) is 0. The zero-order valence-electron chi connectivity index (χ0n) is 11.9. The Hall–Kier alpha value is -1.59. The van der Waals surface area contributed by atoms with Crippen molar-refractivity contribution in [3.63, 3.8) is 0 Å². The minimum absolute atomic E-state index is 0.0564. The second kappa shape index (κ2) is 6.72. The number of amides is 1. The molecular weight excluding hydrogens is 254 g/mol. The molecule has 0 radical (unpaired) electrons. The van der Waals surface area contributed by atoms with Crippen LogP contribution < -0.4 is 11.1 Å². The van der Waals surface area contributed by atoms with E-state index in [4.69, 9.17) is 10.8 Å². The highest BCUT2D eigenvalue weighted by molar-refractivity contribution is 5.93. The monoisotopic (exact) mass is 277 g/mol. The van der Waals surface area contributed by atoms with E-state index in [1.807, 2.05) is 25.1 Å². The van der Waals surface area contributed by atoms with Crippen molar-refractivity contribution >= 4 is 17.3 Å². The lowest BCUT2D eigenvalue weighted by molar-refractivity contribution is -0.118. The Morgan fingerprint density at radius 3 is 2.85 bits per heavy atom. The number of carbonyl (C=O) groups excluding carboxylic acids is 1. The van der Waals surface area contributed by atoms with Crippen LogP contribution in [0.1, 0.15) is 24.8 Å². The van der Waals surface area contributed by atoms with Gasteiger partial charge in [-0.3, -0.25) is 9.69 Å². The maximum absolute atomic E-state index is 12.1. The van der Waals surface area contributed by atoms with Gasteiger partial charge in [0, 0.05) is 24.0 Å². The summed E-state index contributed by atoms with van der Waals surface area (Å²) in [5, 5.41) is 12.0. The molecule has 4 N–H and O–H groups in total. The number of rotatable bonds is 6. The third-order valence-electron chi connectivity index (χ3n) is 3.97. The Kier molecular flexibility index (Phi) is 4.98. The summed E-state index contributed by atoms with van der Waals surface area (Å²) in [4.78, 5) is 14.2. The summed E-state index contributed by atoms with van der Waals surface area (Å²) in [6, 6.07) is 5.94. The van der Waals surface area contributed by atoms with E-state index in [0.717, 1.165) is 24.1 Å². The third kappa shape index (κ3) is 3.49. The molecule has 0 saturated heterocycles. The molecule has 0 heterocycles.